The maximum Gasteiger partial charge on any atom is 0.183 e. The van der Waals surface area contributed by atoms with E-state index in [1.807, 2.05) is 26.8 Å². The standard InChI is InChI=1S/C19H22ClFN4O2/c1-19(2,3)12-8-13(20)14(21)9-16(12)27-10-15-11-4-5-17(22-6-7-26)23-18(11)25-24-15/h4-5,8-9,26H,6-7,10H2,1-3H3,(H2,22,23,24,25). The van der Waals surface area contributed by atoms with Crippen LogP contribution in [0.5, 0.6) is 5.75 Å². The lowest BCUT2D eigenvalue weighted by molar-refractivity contribution is 0.292. The Balaban J connectivity index is 1.84. The van der Waals surface area contributed by atoms with Gasteiger partial charge in [-0.3, -0.25) is 5.10 Å². The number of ether oxygens (including phenoxy) is 1. The van der Waals surface area contributed by atoms with Gasteiger partial charge in [0.25, 0.3) is 0 Å². The van der Waals surface area contributed by atoms with Gasteiger partial charge in [-0.15, -0.1) is 0 Å². The number of hydrogen-bond acceptors (Lipinski definition) is 5. The van der Waals surface area contributed by atoms with Crippen LogP contribution >= 0.6 is 11.6 Å². The first-order valence-corrected chi connectivity index (χ1v) is 8.98. The summed E-state index contributed by atoms with van der Waals surface area (Å²) in [5, 5.41) is 19.9. The highest BCUT2D eigenvalue weighted by atomic mass is 35.5. The van der Waals surface area contributed by atoms with Gasteiger partial charge in [-0.25, -0.2) is 9.37 Å². The Bertz CT molecular complexity index is 953. The van der Waals surface area contributed by atoms with E-state index in [0.29, 0.717) is 23.8 Å². The molecule has 0 saturated carbocycles. The highest BCUT2D eigenvalue weighted by molar-refractivity contribution is 6.30. The quantitative estimate of drug-likeness (QED) is 0.590. The third-order valence-corrected chi connectivity index (χ3v) is 4.41. The zero-order valence-electron chi connectivity index (χ0n) is 15.4. The summed E-state index contributed by atoms with van der Waals surface area (Å²) >= 11 is 5.94. The number of hydrogen-bond donors (Lipinski definition) is 3. The van der Waals surface area contributed by atoms with Crippen LogP contribution in [0, 0.1) is 5.82 Å². The minimum Gasteiger partial charge on any atom is -0.487 e. The molecule has 6 nitrogen and oxygen atoms in total. The monoisotopic (exact) mass is 392 g/mol. The van der Waals surface area contributed by atoms with E-state index >= 15 is 0 Å². The second kappa shape index (κ2) is 7.70. The number of halogens is 2. The lowest BCUT2D eigenvalue weighted by atomic mass is 9.86. The summed E-state index contributed by atoms with van der Waals surface area (Å²) < 4.78 is 19.8. The molecule has 0 fully saturated rings. The van der Waals surface area contributed by atoms with Crippen molar-refractivity contribution in [1.29, 1.82) is 0 Å². The number of aliphatic hydroxyl groups is 1. The highest BCUT2D eigenvalue weighted by Gasteiger charge is 2.22. The Morgan fingerprint density at radius 3 is 2.78 bits per heavy atom. The maximum absolute atomic E-state index is 13.9. The molecule has 0 bridgehead atoms. The molecule has 0 spiro atoms. The summed E-state index contributed by atoms with van der Waals surface area (Å²) in [5.74, 6) is 0.557. The molecule has 2 aromatic heterocycles. The fourth-order valence-electron chi connectivity index (χ4n) is 2.73. The van der Waals surface area contributed by atoms with Gasteiger partial charge in [0.05, 0.1) is 17.3 Å². The minimum absolute atomic E-state index is 0.0210. The molecule has 0 aliphatic carbocycles. The number of fused-ring (bicyclic) bond motifs is 1. The van der Waals surface area contributed by atoms with Gasteiger partial charge >= 0.3 is 0 Å². The van der Waals surface area contributed by atoms with Gasteiger partial charge in [-0.2, -0.15) is 5.10 Å². The number of nitrogens with zero attached hydrogens (tertiary/aromatic N) is 2. The van der Waals surface area contributed by atoms with Crippen LogP contribution in [0.2, 0.25) is 5.02 Å². The number of aromatic amines is 1. The van der Waals surface area contributed by atoms with Crippen molar-refractivity contribution in [3.05, 3.63) is 46.4 Å². The number of rotatable bonds is 6. The minimum atomic E-state index is -0.518. The molecule has 0 unspecified atom stereocenters. The molecular formula is C19H22ClFN4O2. The molecule has 0 atom stereocenters. The average Bonchev–Trinajstić information content (AvgIpc) is 3.02. The van der Waals surface area contributed by atoms with Crippen LogP contribution in [0.15, 0.2) is 24.3 Å². The second-order valence-electron chi connectivity index (χ2n) is 7.22. The Kier molecular flexibility index (Phi) is 5.53. The number of pyridine rings is 1. The van der Waals surface area contributed by atoms with Crippen LogP contribution in [-0.2, 0) is 12.0 Å². The van der Waals surface area contributed by atoms with Crippen LogP contribution in [0.1, 0.15) is 32.0 Å². The van der Waals surface area contributed by atoms with Gasteiger partial charge in [0, 0.05) is 23.6 Å². The fourth-order valence-corrected chi connectivity index (χ4v) is 2.89. The molecule has 0 saturated heterocycles. The third-order valence-electron chi connectivity index (χ3n) is 4.12. The molecule has 3 N–H and O–H groups in total. The van der Waals surface area contributed by atoms with E-state index in [9.17, 15) is 4.39 Å². The van der Waals surface area contributed by atoms with E-state index in [-0.39, 0.29) is 23.7 Å². The van der Waals surface area contributed by atoms with E-state index in [0.717, 1.165) is 16.6 Å². The van der Waals surface area contributed by atoms with Gasteiger partial charge in [0.2, 0.25) is 0 Å². The van der Waals surface area contributed by atoms with E-state index < -0.39 is 5.82 Å². The lowest BCUT2D eigenvalue weighted by Gasteiger charge is -2.23. The molecular weight excluding hydrogens is 371 g/mol. The maximum atomic E-state index is 13.9. The van der Waals surface area contributed by atoms with Gasteiger partial charge in [0.15, 0.2) is 5.65 Å². The van der Waals surface area contributed by atoms with E-state index in [4.69, 9.17) is 21.4 Å². The summed E-state index contributed by atoms with van der Waals surface area (Å²) in [6.45, 7) is 6.66. The largest absolute Gasteiger partial charge is 0.487 e. The van der Waals surface area contributed by atoms with Crippen LogP contribution in [-0.4, -0.2) is 33.4 Å². The number of H-pyrrole nitrogens is 1. The number of aromatic nitrogens is 3. The third kappa shape index (κ3) is 4.31. The lowest BCUT2D eigenvalue weighted by Crippen LogP contribution is -2.14. The number of anilines is 1. The van der Waals surface area contributed by atoms with Crippen molar-refractivity contribution >= 4 is 28.5 Å². The van der Waals surface area contributed by atoms with Crippen molar-refractivity contribution in [1.82, 2.24) is 15.2 Å². The first kappa shape index (κ1) is 19.4. The van der Waals surface area contributed by atoms with Crippen LogP contribution < -0.4 is 10.1 Å². The molecule has 8 heteroatoms. The second-order valence-corrected chi connectivity index (χ2v) is 7.63. The Morgan fingerprint density at radius 2 is 2.07 bits per heavy atom. The SMILES string of the molecule is CC(C)(C)c1cc(Cl)c(F)cc1OCc1[nH]nc2nc(NCCO)ccc12. The normalized spacial score (nSPS) is 11.8. The van der Waals surface area contributed by atoms with Gasteiger partial charge in [-0.1, -0.05) is 32.4 Å². The molecule has 1 aromatic carbocycles. The Labute approximate surface area is 161 Å². The molecule has 0 aliphatic rings. The van der Waals surface area contributed by atoms with Crippen molar-refractivity contribution in [2.75, 3.05) is 18.5 Å². The van der Waals surface area contributed by atoms with Crippen molar-refractivity contribution in [2.45, 2.75) is 32.8 Å². The molecule has 0 radical (unpaired) electrons. The fraction of sp³-hybridized carbons (Fsp3) is 0.368. The van der Waals surface area contributed by atoms with Crippen molar-refractivity contribution in [2.24, 2.45) is 0 Å². The predicted molar refractivity (Wildman–Crippen MR) is 104 cm³/mol. The highest BCUT2D eigenvalue weighted by Crippen LogP contribution is 2.35. The summed E-state index contributed by atoms with van der Waals surface area (Å²) in [6.07, 6.45) is 0. The molecule has 0 amide bonds. The summed E-state index contributed by atoms with van der Waals surface area (Å²) in [4.78, 5) is 4.37. The van der Waals surface area contributed by atoms with Gasteiger partial charge in [-0.05, 0) is 23.6 Å². The molecule has 0 aliphatic heterocycles. The van der Waals surface area contributed by atoms with E-state index in [1.165, 1.54) is 6.07 Å². The average molecular weight is 393 g/mol. The summed E-state index contributed by atoms with van der Waals surface area (Å²) in [7, 11) is 0. The topological polar surface area (TPSA) is 83.1 Å². The van der Waals surface area contributed by atoms with Crippen molar-refractivity contribution in [3.63, 3.8) is 0 Å². The molecule has 27 heavy (non-hydrogen) atoms. The van der Waals surface area contributed by atoms with E-state index in [2.05, 4.69) is 20.5 Å². The summed E-state index contributed by atoms with van der Waals surface area (Å²) in [5.41, 5.74) is 1.85. The van der Waals surface area contributed by atoms with Crippen molar-refractivity contribution < 1.29 is 14.2 Å². The molecule has 144 valence electrons. The van der Waals surface area contributed by atoms with Crippen LogP contribution in [0.3, 0.4) is 0 Å². The molecule has 3 rings (SSSR count). The predicted octanol–water partition coefficient (Wildman–Crippen LogP) is 4.03. The Morgan fingerprint density at radius 1 is 1.30 bits per heavy atom. The smallest absolute Gasteiger partial charge is 0.183 e. The Hall–Kier alpha value is -2.38. The van der Waals surface area contributed by atoms with E-state index in [1.54, 1.807) is 12.1 Å². The van der Waals surface area contributed by atoms with Gasteiger partial charge in [0.1, 0.15) is 24.0 Å². The molecule has 3 aromatic rings. The first-order chi connectivity index (χ1) is 12.8. The molecule has 2 heterocycles. The number of benzene rings is 1. The first-order valence-electron chi connectivity index (χ1n) is 8.60. The van der Waals surface area contributed by atoms with Crippen molar-refractivity contribution in [3.8, 4) is 5.75 Å². The number of nitrogens with one attached hydrogen (secondary N) is 2. The van der Waals surface area contributed by atoms with Gasteiger partial charge < -0.3 is 15.2 Å². The zero-order chi connectivity index (χ0) is 19.6. The number of aliphatic hydroxyl groups excluding tert-OH is 1. The zero-order valence-corrected chi connectivity index (χ0v) is 16.2. The van der Waals surface area contributed by atoms with Crippen LogP contribution in [0.4, 0.5) is 10.2 Å². The summed E-state index contributed by atoms with van der Waals surface area (Å²) in [6, 6.07) is 6.60. The van der Waals surface area contributed by atoms with Crippen LogP contribution in [0.25, 0.3) is 11.0 Å².